The van der Waals surface area contributed by atoms with Crippen LogP contribution in [0.5, 0.6) is 0 Å². The van der Waals surface area contributed by atoms with Gasteiger partial charge in [0.05, 0.1) is 9.82 Å². The standard InChI is InChI=1S/C11H16N4O4S.C5H10O2/c12-20(18,19)9-1-2-10(11(7-9)15(16)17)14-8-3-5-13-6-4-8;1-5(2,3)7-4-6/h1-2,7-8,13-14H,3-6H2,(H2,12,18,19);4H,1-3H3. The zero-order chi connectivity index (χ0) is 20.7. The molecule has 0 atom stereocenters. The smallest absolute Gasteiger partial charge is 0.293 e. The van der Waals surface area contributed by atoms with Gasteiger partial charge in [-0.15, -0.1) is 0 Å². The maximum atomic E-state index is 11.2. The van der Waals surface area contributed by atoms with E-state index < -0.39 is 14.9 Å². The van der Waals surface area contributed by atoms with Crippen LogP contribution in [0.1, 0.15) is 33.6 Å². The van der Waals surface area contributed by atoms with Crippen LogP contribution < -0.4 is 15.8 Å². The predicted octanol–water partition coefficient (Wildman–Crippen LogP) is 1.36. The number of nitrogens with zero attached hydrogens (tertiary/aromatic N) is 1. The van der Waals surface area contributed by atoms with Crippen molar-refractivity contribution >= 4 is 27.9 Å². The molecule has 1 aromatic carbocycles. The van der Waals surface area contributed by atoms with E-state index in [0.29, 0.717) is 12.2 Å². The van der Waals surface area contributed by atoms with Crippen molar-refractivity contribution in [3.63, 3.8) is 0 Å². The van der Waals surface area contributed by atoms with Crippen LogP contribution in [0.3, 0.4) is 0 Å². The van der Waals surface area contributed by atoms with E-state index in [0.717, 1.165) is 32.0 Å². The van der Waals surface area contributed by atoms with Crippen molar-refractivity contribution in [2.75, 3.05) is 18.4 Å². The highest BCUT2D eigenvalue weighted by atomic mass is 32.2. The molecule has 152 valence electrons. The molecule has 1 aliphatic heterocycles. The molecule has 11 heteroatoms. The molecule has 0 aromatic heterocycles. The Balaban J connectivity index is 0.000000445. The Hall–Kier alpha value is -2.24. The lowest BCUT2D eigenvalue weighted by atomic mass is 10.1. The average Bonchev–Trinajstić information content (AvgIpc) is 2.54. The van der Waals surface area contributed by atoms with Gasteiger partial charge in [0.25, 0.3) is 12.2 Å². The van der Waals surface area contributed by atoms with E-state index in [-0.39, 0.29) is 22.2 Å². The maximum Gasteiger partial charge on any atom is 0.293 e. The molecule has 1 aromatic rings. The molecule has 0 spiro atoms. The number of benzene rings is 1. The number of rotatable bonds is 5. The summed E-state index contributed by atoms with van der Waals surface area (Å²) in [7, 11) is -3.95. The SMILES string of the molecule is CC(C)(C)OC=O.NS(=O)(=O)c1ccc(NC2CCNCC2)c([N+](=O)[O-])c1. The monoisotopic (exact) mass is 402 g/mol. The summed E-state index contributed by atoms with van der Waals surface area (Å²) in [5.41, 5.74) is -0.286. The van der Waals surface area contributed by atoms with E-state index in [9.17, 15) is 23.3 Å². The first-order valence-electron chi connectivity index (χ1n) is 8.34. The Kier molecular flexibility index (Phi) is 8.13. The highest BCUT2D eigenvalue weighted by Gasteiger charge is 2.21. The quantitative estimate of drug-likeness (QED) is 0.379. The minimum Gasteiger partial charge on any atom is -0.462 e. The minimum absolute atomic E-state index is 0.135. The number of ether oxygens (including phenoxy) is 1. The normalized spacial score (nSPS) is 15.3. The Morgan fingerprint density at radius 1 is 1.33 bits per heavy atom. The zero-order valence-electron chi connectivity index (χ0n) is 15.6. The van der Waals surface area contributed by atoms with E-state index in [1.807, 2.05) is 20.8 Å². The zero-order valence-corrected chi connectivity index (χ0v) is 16.4. The summed E-state index contributed by atoms with van der Waals surface area (Å²) in [5, 5.41) is 22.3. The van der Waals surface area contributed by atoms with Gasteiger partial charge in [-0.25, -0.2) is 13.6 Å². The Bertz CT molecular complexity index is 755. The van der Waals surface area contributed by atoms with Gasteiger partial charge in [0, 0.05) is 12.1 Å². The van der Waals surface area contributed by atoms with Gasteiger partial charge >= 0.3 is 0 Å². The van der Waals surface area contributed by atoms with Gasteiger partial charge in [0.15, 0.2) is 0 Å². The summed E-state index contributed by atoms with van der Waals surface area (Å²) in [6.07, 6.45) is 1.71. The number of hydrogen-bond acceptors (Lipinski definition) is 8. The topological polar surface area (TPSA) is 154 Å². The Morgan fingerprint density at radius 2 is 1.93 bits per heavy atom. The third-order valence-corrected chi connectivity index (χ3v) is 4.51. The summed E-state index contributed by atoms with van der Waals surface area (Å²) in [4.78, 5) is 19.8. The molecule has 1 saturated heterocycles. The number of anilines is 1. The number of primary sulfonamides is 1. The van der Waals surface area contributed by atoms with Crippen LogP contribution in [0.2, 0.25) is 0 Å². The first kappa shape index (κ1) is 22.8. The molecule has 0 aliphatic carbocycles. The van der Waals surface area contributed by atoms with Gasteiger partial charge in [-0.2, -0.15) is 0 Å². The second-order valence-electron chi connectivity index (χ2n) is 6.98. The molecule has 10 nitrogen and oxygen atoms in total. The second kappa shape index (κ2) is 9.62. The largest absolute Gasteiger partial charge is 0.462 e. The summed E-state index contributed by atoms with van der Waals surface area (Å²) in [6, 6.07) is 3.78. The van der Waals surface area contributed by atoms with Crippen molar-refractivity contribution in [3.8, 4) is 0 Å². The number of hydrogen-bond donors (Lipinski definition) is 3. The number of nitro benzene ring substituents is 1. The summed E-state index contributed by atoms with van der Waals surface area (Å²) < 4.78 is 27.0. The number of sulfonamides is 1. The molecule has 1 heterocycles. The van der Waals surface area contributed by atoms with Crippen molar-refractivity contribution in [1.29, 1.82) is 0 Å². The number of nitrogens with two attached hydrogens (primary N) is 1. The molecule has 0 saturated carbocycles. The van der Waals surface area contributed by atoms with Crippen molar-refractivity contribution in [2.45, 2.75) is 50.2 Å². The molecule has 1 aliphatic rings. The van der Waals surface area contributed by atoms with Crippen molar-refractivity contribution in [2.24, 2.45) is 5.14 Å². The fraction of sp³-hybridized carbons (Fsp3) is 0.562. The highest BCUT2D eigenvalue weighted by molar-refractivity contribution is 7.89. The number of piperidine rings is 1. The van der Waals surface area contributed by atoms with Crippen LogP contribution >= 0.6 is 0 Å². The fourth-order valence-corrected chi connectivity index (χ4v) is 2.83. The average molecular weight is 402 g/mol. The van der Waals surface area contributed by atoms with Gasteiger partial charge in [-0.1, -0.05) is 0 Å². The lowest BCUT2D eigenvalue weighted by molar-refractivity contribution is -0.384. The Morgan fingerprint density at radius 3 is 2.33 bits per heavy atom. The van der Waals surface area contributed by atoms with Gasteiger partial charge in [-0.3, -0.25) is 14.9 Å². The fourth-order valence-electron chi connectivity index (χ4n) is 2.29. The lowest BCUT2D eigenvalue weighted by Crippen LogP contribution is -2.35. The number of carbonyl (C=O) groups excluding carboxylic acids is 1. The summed E-state index contributed by atoms with van der Waals surface area (Å²) in [5.74, 6) is 0. The van der Waals surface area contributed by atoms with Crippen molar-refractivity contribution in [1.82, 2.24) is 5.32 Å². The number of nitrogens with one attached hydrogen (secondary N) is 2. The first-order chi connectivity index (χ1) is 12.4. The van der Waals surface area contributed by atoms with E-state index in [4.69, 9.17) is 5.14 Å². The minimum atomic E-state index is -3.95. The third-order valence-electron chi connectivity index (χ3n) is 3.59. The summed E-state index contributed by atoms with van der Waals surface area (Å²) in [6.45, 7) is 7.62. The number of nitro groups is 1. The highest BCUT2D eigenvalue weighted by Crippen LogP contribution is 2.28. The van der Waals surface area contributed by atoms with Gasteiger partial charge < -0.3 is 15.4 Å². The molecule has 4 N–H and O–H groups in total. The van der Waals surface area contributed by atoms with Crippen LogP contribution in [-0.4, -0.2) is 44.5 Å². The van der Waals surface area contributed by atoms with Gasteiger partial charge in [0.2, 0.25) is 10.0 Å². The van der Waals surface area contributed by atoms with Crippen molar-refractivity contribution < 1.29 is 22.9 Å². The Labute approximate surface area is 158 Å². The van der Waals surface area contributed by atoms with Gasteiger partial charge in [0.1, 0.15) is 11.3 Å². The molecule has 1 fully saturated rings. The van der Waals surface area contributed by atoms with Crippen LogP contribution in [0.25, 0.3) is 0 Å². The second-order valence-corrected chi connectivity index (χ2v) is 8.54. The van der Waals surface area contributed by atoms with Crippen LogP contribution in [0.4, 0.5) is 11.4 Å². The molecular weight excluding hydrogens is 376 g/mol. The molecular formula is C16H26N4O6S. The van der Waals surface area contributed by atoms with E-state index >= 15 is 0 Å². The molecule has 0 bridgehead atoms. The predicted molar refractivity (Wildman–Crippen MR) is 101 cm³/mol. The molecule has 2 rings (SSSR count). The third kappa shape index (κ3) is 8.33. The van der Waals surface area contributed by atoms with Crippen LogP contribution in [0.15, 0.2) is 23.1 Å². The van der Waals surface area contributed by atoms with Crippen LogP contribution in [0, 0.1) is 10.1 Å². The first-order valence-corrected chi connectivity index (χ1v) is 9.88. The molecule has 27 heavy (non-hydrogen) atoms. The maximum absolute atomic E-state index is 11.2. The van der Waals surface area contributed by atoms with E-state index in [1.54, 1.807) is 0 Å². The summed E-state index contributed by atoms with van der Waals surface area (Å²) >= 11 is 0. The molecule has 0 unspecified atom stereocenters. The van der Waals surface area contributed by atoms with Crippen LogP contribution in [-0.2, 0) is 19.6 Å². The van der Waals surface area contributed by atoms with E-state index in [1.165, 1.54) is 12.1 Å². The molecule has 0 radical (unpaired) electrons. The molecule has 0 amide bonds. The van der Waals surface area contributed by atoms with E-state index in [2.05, 4.69) is 15.4 Å². The van der Waals surface area contributed by atoms with Crippen molar-refractivity contribution in [3.05, 3.63) is 28.3 Å². The van der Waals surface area contributed by atoms with Gasteiger partial charge in [-0.05, 0) is 58.8 Å². The lowest BCUT2D eigenvalue weighted by Gasteiger charge is -2.24. The number of carbonyl (C=O) groups is 1.